The summed E-state index contributed by atoms with van der Waals surface area (Å²) in [7, 11) is -2.22. The summed E-state index contributed by atoms with van der Waals surface area (Å²) in [6.07, 6.45) is 0. The van der Waals surface area contributed by atoms with Crippen LogP contribution in [-0.2, 0) is 14.8 Å². The number of ether oxygens (including phenoxy) is 1. The Morgan fingerprint density at radius 2 is 2.11 bits per heavy atom. The molecule has 0 atom stereocenters. The molecule has 1 aromatic rings. The quantitative estimate of drug-likeness (QED) is 0.779. The van der Waals surface area contributed by atoms with Crippen molar-refractivity contribution in [3.63, 3.8) is 0 Å². The van der Waals surface area contributed by atoms with Gasteiger partial charge in [-0.05, 0) is 32.0 Å². The molecule has 0 heterocycles. The van der Waals surface area contributed by atoms with E-state index >= 15 is 0 Å². The SMILES string of the molecule is COC(C)(C)CNS(=O)(=O)c1ccc(C#N)cc1N. The molecule has 0 saturated heterocycles. The Bertz CT molecular complexity index is 603. The summed E-state index contributed by atoms with van der Waals surface area (Å²) in [5, 5.41) is 8.71. The first-order valence-electron chi connectivity index (χ1n) is 5.56. The highest BCUT2D eigenvalue weighted by Gasteiger charge is 2.23. The van der Waals surface area contributed by atoms with E-state index in [0.29, 0.717) is 5.56 Å². The van der Waals surface area contributed by atoms with Crippen molar-refractivity contribution < 1.29 is 13.2 Å². The van der Waals surface area contributed by atoms with Gasteiger partial charge in [0.05, 0.1) is 22.9 Å². The molecule has 104 valence electrons. The maximum Gasteiger partial charge on any atom is 0.242 e. The fourth-order valence-electron chi connectivity index (χ4n) is 1.28. The van der Waals surface area contributed by atoms with Gasteiger partial charge < -0.3 is 10.5 Å². The lowest BCUT2D eigenvalue weighted by Crippen LogP contribution is -2.39. The molecule has 7 heteroatoms. The minimum absolute atomic E-state index is 0.0431. The van der Waals surface area contributed by atoms with Gasteiger partial charge in [0.15, 0.2) is 0 Å². The molecule has 0 aliphatic heterocycles. The van der Waals surface area contributed by atoms with E-state index < -0.39 is 15.6 Å². The summed E-state index contributed by atoms with van der Waals surface area (Å²) >= 11 is 0. The average molecular weight is 283 g/mol. The number of hydrogen-bond donors (Lipinski definition) is 2. The third-order valence-corrected chi connectivity index (χ3v) is 4.14. The van der Waals surface area contributed by atoms with Gasteiger partial charge in [0, 0.05) is 13.7 Å². The van der Waals surface area contributed by atoms with Crippen molar-refractivity contribution in [2.75, 3.05) is 19.4 Å². The smallest absolute Gasteiger partial charge is 0.242 e. The second-order valence-corrected chi connectivity index (χ2v) is 6.39. The van der Waals surface area contributed by atoms with Crippen molar-refractivity contribution >= 4 is 15.7 Å². The molecular formula is C12H17N3O3S. The van der Waals surface area contributed by atoms with Crippen LogP contribution in [0.2, 0.25) is 0 Å². The standard InChI is InChI=1S/C12H17N3O3S/c1-12(2,18-3)8-15-19(16,17)11-5-4-9(7-13)6-10(11)14/h4-6,15H,8,14H2,1-3H3. The average Bonchev–Trinajstić information content (AvgIpc) is 2.36. The van der Waals surface area contributed by atoms with Gasteiger partial charge in [-0.25, -0.2) is 13.1 Å². The Morgan fingerprint density at radius 1 is 1.47 bits per heavy atom. The van der Waals surface area contributed by atoms with Gasteiger partial charge in [-0.15, -0.1) is 0 Å². The molecule has 1 rings (SSSR count). The topological polar surface area (TPSA) is 105 Å². The molecule has 0 aliphatic rings. The van der Waals surface area contributed by atoms with Crippen LogP contribution in [0.4, 0.5) is 5.69 Å². The molecule has 0 unspecified atom stereocenters. The minimum Gasteiger partial charge on any atom is -0.398 e. The molecule has 0 aromatic heterocycles. The summed E-state index contributed by atoms with van der Waals surface area (Å²) in [5.41, 5.74) is 5.39. The van der Waals surface area contributed by atoms with Crippen LogP contribution in [0.15, 0.2) is 23.1 Å². The van der Waals surface area contributed by atoms with E-state index in [4.69, 9.17) is 15.7 Å². The van der Waals surface area contributed by atoms with Crippen LogP contribution in [0.25, 0.3) is 0 Å². The van der Waals surface area contributed by atoms with E-state index in [2.05, 4.69) is 4.72 Å². The van der Waals surface area contributed by atoms with Crippen molar-refractivity contribution in [1.29, 1.82) is 5.26 Å². The van der Waals surface area contributed by atoms with Gasteiger partial charge in [-0.3, -0.25) is 0 Å². The van der Waals surface area contributed by atoms with E-state index in [9.17, 15) is 8.42 Å². The van der Waals surface area contributed by atoms with Gasteiger partial charge in [0.25, 0.3) is 0 Å². The van der Waals surface area contributed by atoms with Gasteiger partial charge in [0.1, 0.15) is 4.90 Å². The Morgan fingerprint density at radius 3 is 2.58 bits per heavy atom. The zero-order valence-electron chi connectivity index (χ0n) is 11.1. The van der Waals surface area contributed by atoms with Crippen LogP contribution < -0.4 is 10.5 Å². The molecule has 0 spiro atoms. The highest BCUT2D eigenvalue weighted by molar-refractivity contribution is 7.89. The molecule has 19 heavy (non-hydrogen) atoms. The van der Waals surface area contributed by atoms with Crippen LogP contribution in [-0.4, -0.2) is 27.7 Å². The van der Waals surface area contributed by atoms with E-state index in [-0.39, 0.29) is 17.1 Å². The number of benzene rings is 1. The molecule has 0 bridgehead atoms. The lowest BCUT2D eigenvalue weighted by atomic mass is 10.1. The number of nitrogens with one attached hydrogen (secondary N) is 1. The second kappa shape index (κ2) is 5.57. The largest absolute Gasteiger partial charge is 0.398 e. The maximum atomic E-state index is 12.1. The van der Waals surface area contributed by atoms with Crippen molar-refractivity contribution in [3.8, 4) is 6.07 Å². The van der Waals surface area contributed by atoms with Crippen LogP contribution in [0.3, 0.4) is 0 Å². The van der Waals surface area contributed by atoms with E-state index in [1.165, 1.54) is 25.3 Å². The minimum atomic E-state index is -3.72. The predicted octanol–water partition coefficient (Wildman–Crippen LogP) is 0.844. The maximum absolute atomic E-state index is 12.1. The van der Waals surface area contributed by atoms with Gasteiger partial charge in [-0.2, -0.15) is 5.26 Å². The molecule has 0 aliphatic carbocycles. The van der Waals surface area contributed by atoms with Crippen molar-refractivity contribution in [2.24, 2.45) is 0 Å². The number of nitrogens with two attached hydrogens (primary N) is 1. The molecule has 0 fully saturated rings. The first-order chi connectivity index (χ1) is 8.72. The van der Waals surface area contributed by atoms with Crippen LogP contribution >= 0.6 is 0 Å². The summed E-state index contributed by atoms with van der Waals surface area (Å²) in [6.45, 7) is 3.64. The Labute approximate surface area is 113 Å². The zero-order valence-corrected chi connectivity index (χ0v) is 11.9. The summed E-state index contributed by atoms with van der Waals surface area (Å²) in [5.74, 6) is 0. The number of anilines is 1. The predicted molar refractivity (Wildman–Crippen MR) is 71.8 cm³/mol. The normalized spacial score (nSPS) is 12.1. The molecule has 0 saturated carbocycles. The molecule has 1 aromatic carbocycles. The Balaban J connectivity index is 2.99. The van der Waals surface area contributed by atoms with Crippen LogP contribution in [0.5, 0.6) is 0 Å². The first kappa shape index (κ1) is 15.4. The van der Waals surface area contributed by atoms with Crippen molar-refractivity contribution in [3.05, 3.63) is 23.8 Å². The zero-order chi connectivity index (χ0) is 14.7. The van der Waals surface area contributed by atoms with Gasteiger partial charge in [-0.1, -0.05) is 0 Å². The van der Waals surface area contributed by atoms with Crippen LogP contribution in [0.1, 0.15) is 19.4 Å². The van der Waals surface area contributed by atoms with Crippen molar-refractivity contribution in [1.82, 2.24) is 4.72 Å². The number of hydrogen-bond acceptors (Lipinski definition) is 5. The summed E-state index contributed by atoms with van der Waals surface area (Å²) in [6, 6.07) is 5.95. The third kappa shape index (κ3) is 3.92. The van der Waals surface area contributed by atoms with Gasteiger partial charge >= 0.3 is 0 Å². The lowest BCUT2D eigenvalue weighted by molar-refractivity contribution is 0.0276. The number of sulfonamides is 1. The monoisotopic (exact) mass is 283 g/mol. The fraction of sp³-hybridized carbons (Fsp3) is 0.417. The Hall–Kier alpha value is -1.62. The number of nitriles is 1. The van der Waals surface area contributed by atoms with E-state index in [1.807, 2.05) is 6.07 Å². The fourth-order valence-corrected chi connectivity index (χ4v) is 2.59. The van der Waals surface area contributed by atoms with E-state index in [0.717, 1.165) is 0 Å². The van der Waals surface area contributed by atoms with E-state index in [1.54, 1.807) is 13.8 Å². The molecule has 0 radical (unpaired) electrons. The number of methoxy groups -OCH3 is 1. The van der Waals surface area contributed by atoms with Gasteiger partial charge in [0.2, 0.25) is 10.0 Å². The van der Waals surface area contributed by atoms with Crippen LogP contribution in [0, 0.1) is 11.3 Å². The summed E-state index contributed by atoms with van der Waals surface area (Å²) in [4.78, 5) is -0.0431. The lowest BCUT2D eigenvalue weighted by Gasteiger charge is -2.23. The number of nitrogen functional groups attached to an aromatic ring is 1. The Kier molecular flexibility index (Phi) is 4.52. The molecule has 3 N–H and O–H groups in total. The van der Waals surface area contributed by atoms with Crippen molar-refractivity contribution in [2.45, 2.75) is 24.3 Å². The number of rotatable bonds is 5. The second-order valence-electron chi connectivity index (χ2n) is 4.65. The molecular weight excluding hydrogens is 266 g/mol. The highest BCUT2D eigenvalue weighted by Crippen LogP contribution is 2.19. The number of nitrogens with zero attached hydrogens (tertiary/aromatic N) is 1. The highest BCUT2D eigenvalue weighted by atomic mass is 32.2. The third-order valence-electron chi connectivity index (χ3n) is 2.67. The molecule has 6 nitrogen and oxygen atoms in total. The summed E-state index contributed by atoms with van der Waals surface area (Å²) < 4.78 is 31.7. The molecule has 0 amide bonds. The first-order valence-corrected chi connectivity index (χ1v) is 7.04.